The molecule has 106 valence electrons. The third-order valence-electron chi connectivity index (χ3n) is 3.19. The lowest BCUT2D eigenvalue weighted by Crippen LogP contribution is -2.16. The van der Waals surface area contributed by atoms with Crippen LogP contribution in [0.5, 0.6) is 0 Å². The second kappa shape index (κ2) is 5.80. The summed E-state index contributed by atoms with van der Waals surface area (Å²) < 4.78 is 1.75. The maximum absolute atomic E-state index is 11.8. The highest BCUT2D eigenvalue weighted by Gasteiger charge is 2.29. The molecule has 1 aliphatic carbocycles. The quantitative estimate of drug-likeness (QED) is 0.845. The van der Waals surface area contributed by atoms with Crippen LogP contribution in [-0.4, -0.2) is 26.3 Å². The lowest BCUT2D eigenvalue weighted by Gasteiger charge is -2.08. The fraction of sp³-hybridized carbons (Fsp3) is 0.462. The van der Waals surface area contributed by atoms with Crippen molar-refractivity contribution in [2.45, 2.75) is 42.5 Å². The molecule has 6 nitrogen and oxygen atoms in total. The van der Waals surface area contributed by atoms with Gasteiger partial charge >= 0.3 is 5.69 Å². The number of hydrogen-bond acceptors (Lipinski definition) is 5. The van der Waals surface area contributed by atoms with Crippen LogP contribution in [0.4, 0.5) is 0 Å². The van der Waals surface area contributed by atoms with Gasteiger partial charge in [-0.3, -0.25) is 4.57 Å². The molecule has 0 saturated heterocycles. The van der Waals surface area contributed by atoms with Gasteiger partial charge in [-0.05, 0) is 42.8 Å². The van der Waals surface area contributed by atoms with E-state index in [4.69, 9.17) is 0 Å². The average molecular weight is 291 g/mol. The third kappa shape index (κ3) is 2.78. The summed E-state index contributed by atoms with van der Waals surface area (Å²) in [5, 5.41) is 11.6. The molecule has 0 radical (unpaired) electrons. The van der Waals surface area contributed by atoms with Gasteiger partial charge in [0.15, 0.2) is 5.16 Å². The van der Waals surface area contributed by atoms with E-state index in [9.17, 15) is 4.79 Å². The molecule has 7 heteroatoms. The zero-order valence-electron chi connectivity index (χ0n) is 11.3. The Kier molecular flexibility index (Phi) is 3.88. The Labute approximate surface area is 121 Å². The van der Waals surface area contributed by atoms with Crippen molar-refractivity contribution in [3.8, 4) is 0 Å². The molecular weight excluding hydrogens is 274 g/mol. The van der Waals surface area contributed by atoms with Gasteiger partial charge in [-0.1, -0.05) is 13.0 Å². The van der Waals surface area contributed by atoms with Gasteiger partial charge in [-0.15, -0.1) is 5.10 Å². The minimum absolute atomic E-state index is 0.126. The van der Waals surface area contributed by atoms with Crippen LogP contribution in [0.3, 0.4) is 0 Å². The number of aromatic nitrogens is 4. The molecule has 0 spiro atoms. The van der Waals surface area contributed by atoms with Crippen molar-refractivity contribution in [2.75, 3.05) is 6.54 Å². The maximum atomic E-state index is 11.8. The van der Waals surface area contributed by atoms with E-state index in [-0.39, 0.29) is 5.69 Å². The molecule has 1 aliphatic rings. The Morgan fingerprint density at radius 1 is 1.55 bits per heavy atom. The summed E-state index contributed by atoms with van der Waals surface area (Å²) in [5.74, 6) is 0. The van der Waals surface area contributed by atoms with Crippen molar-refractivity contribution in [1.82, 2.24) is 25.1 Å². The summed E-state index contributed by atoms with van der Waals surface area (Å²) >= 11 is 1.45. The van der Waals surface area contributed by atoms with Gasteiger partial charge in [0.05, 0.1) is 0 Å². The zero-order valence-corrected chi connectivity index (χ0v) is 12.1. The molecule has 2 aromatic heterocycles. The van der Waals surface area contributed by atoms with Crippen molar-refractivity contribution in [1.29, 1.82) is 0 Å². The van der Waals surface area contributed by atoms with E-state index >= 15 is 0 Å². The Balaban J connectivity index is 1.86. The summed E-state index contributed by atoms with van der Waals surface area (Å²) in [6, 6.07) is 4.28. The maximum Gasteiger partial charge on any atom is 0.344 e. The van der Waals surface area contributed by atoms with Crippen LogP contribution in [0.2, 0.25) is 0 Å². The minimum Gasteiger partial charge on any atom is -0.313 e. The second-order valence-electron chi connectivity index (χ2n) is 4.76. The van der Waals surface area contributed by atoms with Crippen LogP contribution in [0.1, 0.15) is 31.4 Å². The van der Waals surface area contributed by atoms with Gasteiger partial charge in [0.2, 0.25) is 0 Å². The van der Waals surface area contributed by atoms with Gasteiger partial charge in [-0.2, -0.15) is 0 Å². The number of pyridine rings is 1. The van der Waals surface area contributed by atoms with E-state index in [1.807, 2.05) is 12.1 Å². The van der Waals surface area contributed by atoms with Gasteiger partial charge in [0.1, 0.15) is 5.03 Å². The first-order chi connectivity index (χ1) is 9.79. The predicted molar refractivity (Wildman–Crippen MR) is 76.9 cm³/mol. The summed E-state index contributed by atoms with van der Waals surface area (Å²) in [6.07, 6.45) is 3.88. The molecular formula is C13H17N5OS. The Morgan fingerprint density at radius 2 is 2.40 bits per heavy atom. The van der Waals surface area contributed by atoms with Crippen molar-refractivity contribution in [3.05, 3.63) is 34.4 Å². The fourth-order valence-electron chi connectivity index (χ4n) is 2.01. The highest BCUT2D eigenvalue weighted by molar-refractivity contribution is 7.99. The van der Waals surface area contributed by atoms with Crippen molar-refractivity contribution in [2.24, 2.45) is 0 Å². The van der Waals surface area contributed by atoms with E-state index in [0.717, 1.165) is 36.5 Å². The van der Waals surface area contributed by atoms with Crippen LogP contribution < -0.4 is 11.0 Å². The normalized spacial score (nSPS) is 14.7. The van der Waals surface area contributed by atoms with E-state index in [1.165, 1.54) is 11.8 Å². The number of nitrogens with zero attached hydrogens (tertiary/aromatic N) is 3. The number of rotatable bonds is 6. The summed E-state index contributed by atoms with van der Waals surface area (Å²) in [5.41, 5.74) is 0.997. The SMILES string of the molecule is CCNCc1cccnc1Sc1n[nH]c(=O)n1C1CC1. The van der Waals surface area contributed by atoms with Crippen molar-refractivity contribution >= 4 is 11.8 Å². The highest BCUT2D eigenvalue weighted by Crippen LogP contribution is 2.37. The number of aromatic amines is 1. The topological polar surface area (TPSA) is 75.6 Å². The molecule has 0 unspecified atom stereocenters. The van der Waals surface area contributed by atoms with E-state index in [1.54, 1.807) is 10.8 Å². The van der Waals surface area contributed by atoms with Crippen LogP contribution >= 0.6 is 11.8 Å². The first-order valence-corrected chi connectivity index (χ1v) is 7.60. The standard InChI is InChI=1S/C13H17N5OS/c1-2-14-8-9-4-3-7-15-11(9)20-13-17-16-12(19)18(13)10-5-6-10/h3-4,7,10,14H,2,5-6,8H2,1H3,(H,16,19). The Hall–Kier alpha value is -1.60. The zero-order chi connectivity index (χ0) is 13.9. The monoisotopic (exact) mass is 291 g/mol. The molecule has 2 aromatic rings. The molecule has 20 heavy (non-hydrogen) atoms. The first kappa shape index (κ1) is 13.4. The lowest BCUT2D eigenvalue weighted by molar-refractivity contribution is 0.641. The molecule has 0 bridgehead atoms. The molecule has 2 heterocycles. The van der Waals surface area contributed by atoms with Gasteiger partial charge in [-0.25, -0.2) is 14.9 Å². The van der Waals surface area contributed by atoms with Crippen molar-refractivity contribution in [3.63, 3.8) is 0 Å². The predicted octanol–water partition coefficient (Wildman–Crippen LogP) is 1.56. The molecule has 0 atom stereocenters. The Morgan fingerprint density at radius 3 is 3.15 bits per heavy atom. The van der Waals surface area contributed by atoms with E-state index in [2.05, 4.69) is 27.4 Å². The molecule has 0 aliphatic heterocycles. The molecule has 1 saturated carbocycles. The molecule has 2 N–H and O–H groups in total. The molecule has 0 amide bonds. The van der Waals surface area contributed by atoms with E-state index < -0.39 is 0 Å². The van der Waals surface area contributed by atoms with Gasteiger partial charge < -0.3 is 5.32 Å². The van der Waals surface area contributed by atoms with Crippen molar-refractivity contribution < 1.29 is 0 Å². The summed E-state index contributed by atoms with van der Waals surface area (Å²) in [4.78, 5) is 16.2. The first-order valence-electron chi connectivity index (χ1n) is 6.79. The van der Waals surface area contributed by atoms with E-state index in [0.29, 0.717) is 11.2 Å². The summed E-state index contributed by atoms with van der Waals surface area (Å²) in [7, 11) is 0. The average Bonchev–Trinajstić information content (AvgIpc) is 3.23. The number of hydrogen-bond donors (Lipinski definition) is 2. The summed E-state index contributed by atoms with van der Waals surface area (Å²) in [6.45, 7) is 3.75. The number of nitrogens with one attached hydrogen (secondary N) is 2. The highest BCUT2D eigenvalue weighted by atomic mass is 32.2. The Bertz CT molecular complexity index is 646. The lowest BCUT2D eigenvalue weighted by atomic mass is 10.3. The van der Waals surface area contributed by atoms with Crippen LogP contribution in [0, 0.1) is 0 Å². The van der Waals surface area contributed by atoms with Crippen LogP contribution in [-0.2, 0) is 6.54 Å². The smallest absolute Gasteiger partial charge is 0.313 e. The second-order valence-corrected chi connectivity index (χ2v) is 5.72. The fourth-order valence-corrected chi connectivity index (χ4v) is 2.99. The van der Waals surface area contributed by atoms with Gasteiger partial charge in [0, 0.05) is 18.8 Å². The molecule has 3 rings (SSSR count). The minimum atomic E-state index is -0.126. The largest absolute Gasteiger partial charge is 0.344 e. The van der Waals surface area contributed by atoms with Crippen LogP contribution in [0.15, 0.2) is 33.3 Å². The van der Waals surface area contributed by atoms with Crippen LogP contribution in [0.25, 0.3) is 0 Å². The third-order valence-corrected chi connectivity index (χ3v) is 4.22. The number of H-pyrrole nitrogens is 1. The molecule has 1 fully saturated rings. The van der Waals surface area contributed by atoms with Gasteiger partial charge in [0.25, 0.3) is 0 Å². The molecule has 0 aromatic carbocycles.